The molecular weight excluding hydrogens is 238 g/mol. The zero-order valence-electron chi connectivity index (χ0n) is 11.7. The summed E-state index contributed by atoms with van der Waals surface area (Å²) < 4.78 is 7.75. The van der Waals surface area contributed by atoms with Gasteiger partial charge in [-0.3, -0.25) is 4.68 Å². The molecule has 0 aliphatic rings. The highest BCUT2D eigenvalue weighted by molar-refractivity contribution is 5.35. The Balaban J connectivity index is 2.06. The Morgan fingerprint density at radius 2 is 1.95 bits per heavy atom. The molecule has 4 nitrogen and oxygen atoms in total. The molecule has 1 atom stereocenters. The summed E-state index contributed by atoms with van der Waals surface area (Å²) in [5.41, 5.74) is 7.87. The first-order chi connectivity index (χ1) is 9.08. The van der Waals surface area contributed by atoms with Crippen LogP contribution in [0.15, 0.2) is 36.5 Å². The molecule has 0 saturated carbocycles. The van der Waals surface area contributed by atoms with Crippen LogP contribution in [0.25, 0.3) is 0 Å². The molecule has 0 aliphatic carbocycles. The number of hydrogen-bond acceptors (Lipinski definition) is 3. The number of rotatable bonds is 5. The van der Waals surface area contributed by atoms with Gasteiger partial charge in [0.25, 0.3) is 0 Å². The third kappa shape index (κ3) is 3.35. The molecule has 1 aromatic carbocycles. The summed E-state index contributed by atoms with van der Waals surface area (Å²) in [4.78, 5) is 0. The predicted molar refractivity (Wildman–Crippen MR) is 76.0 cm³/mol. The lowest BCUT2D eigenvalue weighted by Crippen LogP contribution is -2.08. The number of aromatic nitrogens is 2. The van der Waals surface area contributed by atoms with E-state index in [1.165, 1.54) is 0 Å². The quantitative estimate of drug-likeness (QED) is 0.897. The Morgan fingerprint density at radius 1 is 1.21 bits per heavy atom. The maximum atomic E-state index is 5.93. The molecule has 2 aromatic rings. The zero-order valence-corrected chi connectivity index (χ0v) is 11.7. The molecular formula is C15H21N3O. The highest BCUT2D eigenvalue weighted by atomic mass is 16.5. The van der Waals surface area contributed by atoms with Crippen molar-refractivity contribution in [3.8, 4) is 5.75 Å². The first-order valence-corrected chi connectivity index (χ1v) is 6.59. The van der Waals surface area contributed by atoms with Crippen LogP contribution >= 0.6 is 0 Å². The van der Waals surface area contributed by atoms with Gasteiger partial charge in [-0.15, -0.1) is 0 Å². The SMILES string of the molecule is CC(C)n1ccc(COc2ccccc2[C@@H](C)N)n1. The Morgan fingerprint density at radius 3 is 2.58 bits per heavy atom. The van der Waals surface area contributed by atoms with Gasteiger partial charge in [0.1, 0.15) is 12.4 Å². The lowest BCUT2D eigenvalue weighted by molar-refractivity contribution is 0.294. The van der Waals surface area contributed by atoms with Gasteiger partial charge < -0.3 is 10.5 Å². The van der Waals surface area contributed by atoms with Crippen molar-refractivity contribution < 1.29 is 4.74 Å². The van der Waals surface area contributed by atoms with Crippen LogP contribution in [0.3, 0.4) is 0 Å². The van der Waals surface area contributed by atoms with E-state index >= 15 is 0 Å². The van der Waals surface area contributed by atoms with E-state index in [4.69, 9.17) is 10.5 Å². The predicted octanol–water partition coefficient (Wildman–Crippen LogP) is 3.06. The molecule has 1 heterocycles. The number of para-hydroxylation sites is 1. The smallest absolute Gasteiger partial charge is 0.132 e. The first-order valence-electron chi connectivity index (χ1n) is 6.59. The fourth-order valence-electron chi connectivity index (χ4n) is 1.88. The van der Waals surface area contributed by atoms with Crippen LogP contribution in [0.2, 0.25) is 0 Å². The number of ether oxygens (including phenoxy) is 1. The molecule has 0 fully saturated rings. The fourth-order valence-corrected chi connectivity index (χ4v) is 1.88. The molecule has 0 radical (unpaired) electrons. The second-order valence-electron chi connectivity index (χ2n) is 5.00. The van der Waals surface area contributed by atoms with E-state index in [2.05, 4.69) is 18.9 Å². The van der Waals surface area contributed by atoms with E-state index < -0.39 is 0 Å². The zero-order chi connectivity index (χ0) is 13.8. The Bertz CT molecular complexity index is 532. The van der Waals surface area contributed by atoms with Gasteiger partial charge >= 0.3 is 0 Å². The van der Waals surface area contributed by atoms with Crippen LogP contribution in [0.4, 0.5) is 0 Å². The lowest BCUT2D eigenvalue weighted by atomic mass is 10.1. The molecule has 4 heteroatoms. The monoisotopic (exact) mass is 259 g/mol. The van der Waals surface area contributed by atoms with Gasteiger partial charge in [0, 0.05) is 23.8 Å². The van der Waals surface area contributed by atoms with Gasteiger partial charge in [-0.1, -0.05) is 18.2 Å². The number of nitrogens with zero attached hydrogens (tertiary/aromatic N) is 2. The van der Waals surface area contributed by atoms with Gasteiger partial charge in [0.05, 0.1) is 5.69 Å². The largest absolute Gasteiger partial charge is 0.487 e. The van der Waals surface area contributed by atoms with Crippen molar-refractivity contribution in [1.82, 2.24) is 9.78 Å². The normalized spacial score (nSPS) is 12.7. The van der Waals surface area contributed by atoms with Crippen LogP contribution in [0, 0.1) is 0 Å². The molecule has 2 rings (SSSR count). The minimum absolute atomic E-state index is 0.0376. The van der Waals surface area contributed by atoms with Crippen LogP contribution in [-0.2, 0) is 6.61 Å². The van der Waals surface area contributed by atoms with Crippen LogP contribution in [0.1, 0.15) is 44.1 Å². The van der Waals surface area contributed by atoms with Crippen molar-refractivity contribution in [3.05, 3.63) is 47.8 Å². The second kappa shape index (κ2) is 5.89. The minimum atomic E-state index is -0.0376. The second-order valence-corrected chi connectivity index (χ2v) is 5.00. The summed E-state index contributed by atoms with van der Waals surface area (Å²) in [6.07, 6.45) is 1.97. The van der Waals surface area contributed by atoms with Gasteiger partial charge in [-0.25, -0.2) is 0 Å². The fraction of sp³-hybridized carbons (Fsp3) is 0.400. The molecule has 1 aromatic heterocycles. The summed E-state index contributed by atoms with van der Waals surface area (Å²) in [7, 11) is 0. The molecule has 19 heavy (non-hydrogen) atoms. The molecule has 0 spiro atoms. The maximum Gasteiger partial charge on any atom is 0.132 e. The van der Waals surface area contributed by atoms with Crippen molar-refractivity contribution >= 4 is 0 Å². The molecule has 0 saturated heterocycles. The van der Waals surface area contributed by atoms with Crippen molar-refractivity contribution in [2.75, 3.05) is 0 Å². The standard InChI is InChI=1S/C15H21N3O/c1-11(2)18-9-8-13(17-18)10-19-15-7-5-4-6-14(15)12(3)16/h4-9,11-12H,10,16H2,1-3H3/t12-/m1/s1. The molecule has 102 valence electrons. The Hall–Kier alpha value is -1.81. The molecule has 2 N–H and O–H groups in total. The van der Waals surface area contributed by atoms with Crippen molar-refractivity contribution in [2.24, 2.45) is 5.73 Å². The Kier molecular flexibility index (Phi) is 4.22. The number of hydrogen-bond donors (Lipinski definition) is 1. The van der Waals surface area contributed by atoms with E-state index in [0.29, 0.717) is 12.6 Å². The third-order valence-corrected chi connectivity index (χ3v) is 2.98. The van der Waals surface area contributed by atoms with Crippen molar-refractivity contribution in [3.63, 3.8) is 0 Å². The van der Waals surface area contributed by atoms with E-state index in [0.717, 1.165) is 17.0 Å². The number of nitrogens with two attached hydrogens (primary N) is 1. The third-order valence-electron chi connectivity index (χ3n) is 2.98. The van der Waals surface area contributed by atoms with Crippen molar-refractivity contribution in [1.29, 1.82) is 0 Å². The van der Waals surface area contributed by atoms with Crippen molar-refractivity contribution in [2.45, 2.75) is 39.5 Å². The van der Waals surface area contributed by atoms with Gasteiger partial charge in [-0.2, -0.15) is 5.10 Å². The van der Waals surface area contributed by atoms with E-state index in [-0.39, 0.29) is 6.04 Å². The topological polar surface area (TPSA) is 53.1 Å². The average molecular weight is 259 g/mol. The highest BCUT2D eigenvalue weighted by Crippen LogP contribution is 2.23. The lowest BCUT2D eigenvalue weighted by Gasteiger charge is -2.13. The van der Waals surface area contributed by atoms with Crippen LogP contribution in [-0.4, -0.2) is 9.78 Å². The first kappa shape index (κ1) is 13.6. The highest BCUT2D eigenvalue weighted by Gasteiger charge is 2.08. The van der Waals surface area contributed by atoms with Gasteiger partial charge in [0.15, 0.2) is 0 Å². The van der Waals surface area contributed by atoms with E-state index in [9.17, 15) is 0 Å². The summed E-state index contributed by atoms with van der Waals surface area (Å²) >= 11 is 0. The maximum absolute atomic E-state index is 5.93. The minimum Gasteiger partial charge on any atom is -0.487 e. The summed E-state index contributed by atoms with van der Waals surface area (Å²) in [5.74, 6) is 0.830. The van der Waals surface area contributed by atoms with Gasteiger partial charge in [-0.05, 0) is 32.9 Å². The Labute approximate surface area is 114 Å². The number of benzene rings is 1. The molecule has 0 bridgehead atoms. The van der Waals surface area contributed by atoms with Crippen LogP contribution < -0.4 is 10.5 Å². The van der Waals surface area contributed by atoms with E-state index in [1.54, 1.807) is 0 Å². The molecule has 0 amide bonds. The molecule has 0 unspecified atom stereocenters. The summed E-state index contributed by atoms with van der Waals surface area (Å²) in [5, 5.41) is 4.46. The average Bonchev–Trinajstić information content (AvgIpc) is 2.85. The van der Waals surface area contributed by atoms with Crippen LogP contribution in [0.5, 0.6) is 5.75 Å². The van der Waals surface area contributed by atoms with E-state index in [1.807, 2.05) is 48.1 Å². The summed E-state index contributed by atoms with van der Waals surface area (Å²) in [6.45, 7) is 6.62. The summed E-state index contributed by atoms with van der Waals surface area (Å²) in [6, 6.07) is 10.2. The molecule has 0 aliphatic heterocycles. The van der Waals surface area contributed by atoms with Gasteiger partial charge in [0.2, 0.25) is 0 Å².